The van der Waals surface area contributed by atoms with Crippen molar-refractivity contribution < 1.29 is 14.6 Å². The van der Waals surface area contributed by atoms with Crippen molar-refractivity contribution in [3.05, 3.63) is 18.5 Å². The van der Waals surface area contributed by atoms with E-state index < -0.39 is 6.09 Å². The zero-order valence-corrected chi connectivity index (χ0v) is 11.5. The van der Waals surface area contributed by atoms with Gasteiger partial charge in [0.2, 0.25) is 0 Å². The van der Waals surface area contributed by atoms with E-state index in [1.165, 1.54) is 17.3 Å². The molecule has 1 fully saturated rings. The fraction of sp³-hybridized carbons (Fsp3) is 0.538. The summed E-state index contributed by atoms with van der Waals surface area (Å²) in [5.74, 6) is 0. The Hall–Kier alpha value is -1.86. The van der Waals surface area contributed by atoms with Gasteiger partial charge in [0.1, 0.15) is 0 Å². The Balaban J connectivity index is 2.21. The Labute approximate surface area is 117 Å². The standard InChI is InChI=1S/C13H20N4O3/c1-2-20-10-5-9(6-16-7-10)17(13(18)19)12-3-4-15-8-11(12)14/h3-4,8-10,16H,2,5-7,14H2,1H3,(H,18,19). The Morgan fingerprint density at radius 2 is 2.45 bits per heavy atom. The van der Waals surface area contributed by atoms with Gasteiger partial charge in [-0.1, -0.05) is 0 Å². The number of nitrogens with one attached hydrogen (secondary N) is 1. The Kier molecular flexibility index (Phi) is 4.75. The number of nitrogen functional groups attached to an aromatic ring is 1. The molecule has 1 amide bonds. The van der Waals surface area contributed by atoms with Gasteiger partial charge in [-0.2, -0.15) is 0 Å². The van der Waals surface area contributed by atoms with E-state index in [0.29, 0.717) is 30.9 Å². The number of aromatic nitrogens is 1. The predicted molar refractivity (Wildman–Crippen MR) is 75.8 cm³/mol. The molecule has 2 atom stereocenters. The van der Waals surface area contributed by atoms with Crippen LogP contribution in [-0.4, -0.2) is 48.0 Å². The smallest absolute Gasteiger partial charge is 0.412 e. The fourth-order valence-corrected chi connectivity index (χ4v) is 2.52. The summed E-state index contributed by atoms with van der Waals surface area (Å²) in [6, 6.07) is 1.41. The second kappa shape index (κ2) is 6.53. The van der Waals surface area contributed by atoms with E-state index in [0.717, 1.165) is 6.54 Å². The third-order valence-corrected chi connectivity index (χ3v) is 3.35. The average Bonchev–Trinajstić information content (AvgIpc) is 2.42. The van der Waals surface area contributed by atoms with Gasteiger partial charge < -0.3 is 20.9 Å². The molecular weight excluding hydrogens is 260 g/mol. The first-order valence-corrected chi connectivity index (χ1v) is 6.67. The topological polar surface area (TPSA) is 101 Å². The number of ether oxygens (including phenoxy) is 1. The summed E-state index contributed by atoms with van der Waals surface area (Å²) < 4.78 is 5.58. The lowest BCUT2D eigenvalue weighted by Gasteiger charge is -2.36. The summed E-state index contributed by atoms with van der Waals surface area (Å²) in [5.41, 5.74) is 6.66. The van der Waals surface area contributed by atoms with Gasteiger partial charge in [0.15, 0.2) is 0 Å². The van der Waals surface area contributed by atoms with Crippen LogP contribution in [0.2, 0.25) is 0 Å². The number of hydrogen-bond donors (Lipinski definition) is 3. The SMILES string of the molecule is CCOC1CNCC(N(C(=O)O)c2ccncc2N)C1. The number of carboxylic acid groups (broad SMARTS) is 1. The van der Waals surface area contributed by atoms with Crippen molar-refractivity contribution in [1.29, 1.82) is 0 Å². The molecular formula is C13H20N4O3. The number of rotatable bonds is 4. The summed E-state index contributed by atoms with van der Waals surface area (Å²) in [4.78, 5) is 16.8. The minimum atomic E-state index is -1.02. The molecule has 1 aromatic heterocycles. The molecule has 2 heterocycles. The van der Waals surface area contributed by atoms with Gasteiger partial charge >= 0.3 is 6.09 Å². The largest absolute Gasteiger partial charge is 0.465 e. The molecule has 0 aliphatic carbocycles. The lowest BCUT2D eigenvalue weighted by molar-refractivity contribution is 0.0399. The maximum absolute atomic E-state index is 11.6. The third kappa shape index (κ3) is 3.17. The number of pyridine rings is 1. The second-order valence-corrected chi connectivity index (χ2v) is 4.71. The van der Waals surface area contributed by atoms with Crippen LogP contribution in [0.1, 0.15) is 13.3 Å². The highest BCUT2D eigenvalue weighted by Crippen LogP contribution is 2.26. The molecule has 0 radical (unpaired) electrons. The maximum Gasteiger partial charge on any atom is 0.412 e. The van der Waals surface area contributed by atoms with Crippen molar-refractivity contribution in [3.63, 3.8) is 0 Å². The van der Waals surface area contributed by atoms with Crippen LogP contribution in [0, 0.1) is 0 Å². The summed E-state index contributed by atoms with van der Waals surface area (Å²) in [7, 11) is 0. The zero-order valence-electron chi connectivity index (χ0n) is 11.5. The molecule has 20 heavy (non-hydrogen) atoms. The fourth-order valence-electron chi connectivity index (χ4n) is 2.52. The normalized spacial score (nSPS) is 22.4. The highest BCUT2D eigenvalue weighted by molar-refractivity contribution is 5.90. The van der Waals surface area contributed by atoms with E-state index in [-0.39, 0.29) is 12.1 Å². The quantitative estimate of drug-likeness (QED) is 0.758. The Morgan fingerprint density at radius 1 is 1.65 bits per heavy atom. The number of amides is 1. The minimum absolute atomic E-state index is 0.0173. The molecule has 2 unspecified atom stereocenters. The molecule has 110 valence electrons. The average molecular weight is 280 g/mol. The Morgan fingerprint density at radius 3 is 3.10 bits per heavy atom. The zero-order chi connectivity index (χ0) is 14.5. The van der Waals surface area contributed by atoms with Crippen LogP contribution in [0.4, 0.5) is 16.2 Å². The van der Waals surface area contributed by atoms with Crippen LogP contribution in [0.5, 0.6) is 0 Å². The summed E-state index contributed by atoms with van der Waals surface area (Å²) in [5, 5.41) is 12.7. The first-order valence-electron chi connectivity index (χ1n) is 6.67. The highest BCUT2D eigenvalue weighted by atomic mass is 16.5. The molecule has 1 aromatic rings. The lowest BCUT2D eigenvalue weighted by atomic mass is 10.0. The first kappa shape index (κ1) is 14.5. The first-order chi connectivity index (χ1) is 9.63. The van der Waals surface area contributed by atoms with E-state index in [4.69, 9.17) is 10.5 Å². The molecule has 0 bridgehead atoms. The maximum atomic E-state index is 11.6. The molecule has 0 saturated carbocycles. The number of anilines is 2. The van der Waals surface area contributed by atoms with Crippen molar-refractivity contribution >= 4 is 17.5 Å². The Bertz CT molecular complexity index is 467. The van der Waals surface area contributed by atoms with Crippen LogP contribution in [-0.2, 0) is 4.74 Å². The second-order valence-electron chi connectivity index (χ2n) is 4.71. The van der Waals surface area contributed by atoms with Crippen LogP contribution in [0.25, 0.3) is 0 Å². The highest BCUT2D eigenvalue weighted by Gasteiger charge is 2.31. The van der Waals surface area contributed by atoms with Crippen LogP contribution < -0.4 is 16.0 Å². The summed E-state index contributed by atoms with van der Waals surface area (Å²) >= 11 is 0. The number of nitrogens with two attached hydrogens (primary N) is 1. The molecule has 2 rings (SSSR count). The summed E-state index contributed by atoms with van der Waals surface area (Å²) in [6.07, 6.45) is 2.64. The molecule has 7 heteroatoms. The van der Waals surface area contributed by atoms with E-state index in [2.05, 4.69) is 10.3 Å². The van der Waals surface area contributed by atoms with Gasteiger partial charge in [0, 0.05) is 25.9 Å². The minimum Gasteiger partial charge on any atom is -0.465 e. The molecule has 0 spiro atoms. The predicted octanol–water partition coefficient (Wildman–Crippen LogP) is 0.915. The molecule has 7 nitrogen and oxygen atoms in total. The van der Waals surface area contributed by atoms with E-state index >= 15 is 0 Å². The van der Waals surface area contributed by atoms with Crippen molar-refractivity contribution in [2.24, 2.45) is 0 Å². The number of nitrogens with zero attached hydrogens (tertiary/aromatic N) is 2. The van der Waals surface area contributed by atoms with Crippen molar-refractivity contribution in [1.82, 2.24) is 10.3 Å². The van der Waals surface area contributed by atoms with Crippen LogP contribution >= 0.6 is 0 Å². The van der Waals surface area contributed by atoms with Gasteiger partial charge in [-0.05, 0) is 19.4 Å². The van der Waals surface area contributed by atoms with Gasteiger partial charge in [-0.25, -0.2) is 4.79 Å². The number of piperidine rings is 1. The van der Waals surface area contributed by atoms with Crippen LogP contribution in [0.15, 0.2) is 18.5 Å². The summed E-state index contributed by atoms with van der Waals surface area (Å²) in [6.45, 7) is 3.87. The number of carbonyl (C=O) groups is 1. The molecule has 1 saturated heterocycles. The molecule has 4 N–H and O–H groups in total. The monoisotopic (exact) mass is 280 g/mol. The van der Waals surface area contributed by atoms with Gasteiger partial charge in [0.05, 0.1) is 29.7 Å². The molecule has 1 aliphatic rings. The molecule has 1 aliphatic heterocycles. The van der Waals surface area contributed by atoms with Crippen molar-refractivity contribution in [2.45, 2.75) is 25.5 Å². The number of hydrogen-bond acceptors (Lipinski definition) is 5. The van der Waals surface area contributed by atoms with Crippen molar-refractivity contribution in [3.8, 4) is 0 Å². The lowest BCUT2D eigenvalue weighted by Crippen LogP contribution is -2.53. The van der Waals surface area contributed by atoms with E-state index in [9.17, 15) is 9.90 Å². The van der Waals surface area contributed by atoms with E-state index in [1.807, 2.05) is 6.92 Å². The van der Waals surface area contributed by atoms with Crippen molar-refractivity contribution in [2.75, 3.05) is 30.3 Å². The van der Waals surface area contributed by atoms with E-state index in [1.54, 1.807) is 6.07 Å². The third-order valence-electron chi connectivity index (χ3n) is 3.35. The van der Waals surface area contributed by atoms with Crippen LogP contribution in [0.3, 0.4) is 0 Å². The van der Waals surface area contributed by atoms with Gasteiger partial charge in [-0.3, -0.25) is 9.88 Å². The van der Waals surface area contributed by atoms with Gasteiger partial charge in [-0.15, -0.1) is 0 Å². The van der Waals surface area contributed by atoms with Gasteiger partial charge in [0.25, 0.3) is 0 Å². The molecule has 0 aromatic carbocycles.